The number of carboxylic acid groups (broad SMARTS) is 1. The summed E-state index contributed by atoms with van der Waals surface area (Å²) in [6, 6.07) is 0. The second-order valence-electron chi connectivity index (χ2n) is 3.87. The van der Waals surface area contributed by atoms with Crippen LogP contribution < -0.4 is 0 Å². The standard InChI is InChI=1S/C12H17O2P/c1-15(2)11(12(13)14)9-10-7-5-3-4-6-8-10/h3-8,10-11H,9H2,1-2H3,(H,13,14). The summed E-state index contributed by atoms with van der Waals surface area (Å²) in [6.07, 6.45) is 12.7. The van der Waals surface area contributed by atoms with E-state index < -0.39 is 13.9 Å². The molecule has 0 aromatic rings. The summed E-state index contributed by atoms with van der Waals surface area (Å²) in [4.78, 5) is 11.1. The number of carboxylic acids is 1. The van der Waals surface area contributed by atoms with Crippen molar-refractivity contribution in [3.8, 4) is 0 Å². The molecule has 0 saturated carbocycles. The third kappa shape index (κ3) is 4.01. The zero-order chi connectivity index (χ0) is 11.3. The van der Waals surface area contributed by atoms with Crippen LogP contribution in [-0.2, 0) is 4.79 Å². The quantitative estimate of drug-likeness (QED) is 0.745. The highest BCUT2D eigenvalue weighted by atomic mass is 31.1. The first kappa shape index (κ1) is 12.2. The predicted octanol–water partition coefficient (Wildman–Crippen LogP) is 2.87. The van der Waals surface area contributed by atoms with E-state index in [1.165, 1.54) is 0 Å². The van der Waals surface area contributed by atoms with Crippen LogP contribution in [0.3, 0.4) is 0 Å². The minimum Gasteiger partial charge on any atom is -0.481 e. The second kappa shape index (κ2) is 5.87. The van der Waals surface area contributed by atoms with Gasteiger partial charge in [0.1, 0.15) is 0 Å². The van der Waals surface area contributed by atoms with E-state index in [2.05, 4.69) is 12.2 Å². The molecule has 3 heteroatoms. The Kier molecular flexibility index (Phi) is 4.77. The van der Waals surface area contributed by atoms with Gasteiger partial charge in [0.15, 0.2) is 0 Å². The number of rotatable bonds is 4. The average Bonchev–Trinajstić information content (AvgIpc) is 2.41. The lowest BCUT2D eigenvalue weighted by molar-refractivity contribution is -0.136. The molecule has 0 radical (unpaired) electrons. The molecule has 0 fully saturated rings. The third-order valence-electron chi connectivity index (χ3n) is 2.45. The van der Waals surface area contributed by atoms with Gasteiger partial charge in [-0.05, 0) is 25.7 Å². The fourth-order valence-electron chi connectivity index (χ4n) is 1.55. The SMILES string of the molecule is CP(C)C(CC1C=CC=CC=C1)C(=O)O. The second-order valence-corrected chi connectivity index (χ2v) is 6.42. The Hall–Kier alpha value is -0.880. The maximum atomic E-state index is 11.1. The molecule has 0 saturated heterocycles. The van der Waals surface area contributed by atoms with Gasteiger partial charge in [-0.3, -0.25) is 4.79 Å². The van der Waals surface area contributed by atoms with Crippen LogP contribution in [0, 0.1) is 5.92 Å². The van der Waals surface area contributed by atoms with Crippen LogP contribution in [0.2, 0.25) is 0 Å². The van der Waals surface area contributed by atoms with Crippen molar-refractivity contribution in [2.45, 2.75) is 12.1 Å². The number of allylic oxidation sites excluding steroid dienone is 6. The highest BCUT2D eigenvalue weighted by Gasteiger charge is 2.23. The molecule has 1 unspecified atom stereocenters. The summed E-state index contributed by atoms with van der Waals surface area (Å²) >= 11 is 0. The summed E-state index contributed by atoms with van der Waals surface area (Å²) in [5.74, 6) is -0.406. The summed E-state index contributed by atoms with van der Waals surface area (Å²) < 4.78 is 0. The molecular weight excluding hydrogens is 207 g/mol. The van der Waals surface area contributed by atoms with Gasteiger partial charge in [-0.15, -0.1) is 0 Å². The molecule has 2 nitrogen and oxygen atoms in total. The molecule has 0 aromatic carbocycles. The smallest absolute Gasteiger partial charge is 0.310 e. The van der Waals surface area contributed by atoms with Crippen LogP contribution in [0.1, 0.15) is 6.42 Å². The topological polar surface area (TPSA) is 37.3 Å². The molecule has 15 heavy (non-hydrogen) atoms. The predicted molar refractivity (Wildman–Crippen MR) is 65.7 cm³/mol. The van der Waals surface area contributed by atoms with Crippen molar-refractivity contribution in [3.63, 3.8) is 0 Å². The fraction of sp³-hybridized carbons (Fsp3) is 0.417. The van der Waals surface area contributed by atoms with Crippen molar-refractivity contribution < 1.29 is 9.90 Å². The first-order valence-electron chi connectivity index (χ1n) is 5.02. The molecule has 0 bridgehead atoms. The Bertz CT molecular complexity index is 287. The maximum absolute atomic E-state index is 11.1. The van der Waals surface area contributed by atoms with Gasteiger partial charge in [-0.2, -0.15) is 0 Å². The van der Waals surface area contributed by atoms with Crippen molar-refractivity contribution in [3.05, 3.63) is 36.5 Å². The fourth-order valence-corrected chi connectivity index (χ4v) is 2.66. The Morgan fingerprint density at radius 3 is 2.20 bits per heavy atom. The summed E-state index contributed by atoms with van der Waals surface area (Å²) in [7, 11) is -0.425. The van der Waals surface area contributed by atoms with Crippen LogP contribution in [0.25, 0.3) is 0 Å². The minimum atomic E-state index is -0.662. The van der Waals surface area contributed by atoms with Gasteiger partial charge in [0.05, 0.1) is 5.66 Å². The third-order valence-corrected chi connectivity index (χ3v) is 4.13. The zero-order valence-electron chi connectivity index (χ0n) is 9.13. The van der Waals surface area contributed by atoms with E-state index in [1.807, 2.05) is 37.6 Å². The first-order valence-corrected chi connectivity index (χ1v) is 7.32. The number of hydrogen-bond acceptors (Lipinski definition) is 1. The molecule has 0 spiro atoms. The van der Waals surface area contributed by atoms with Crippen LogP contribution >= 0.6 is 7.92 Å². The normalized spacial score (nSPS) is 18.1. The number of carbonyl (C=O) groups is 1. The molecule has 1 aliphatic rings. The minimum absolute atomic E-state index is 0.197. The highest BCUT2D eigenvalue weighted by molar-refractivity contribution is 7.57. The Morgan fingerprint density at radius 1 is 1.27 bits per heavy atom. The van der Waals surface area contributed by atoms with E-state index in [0.717, 1.165) is 0 Å². The van der Waals surface area contributed by atoms with E-state index in [4.69, 9.17) is 5.11 Å². The van der Waals surface area contributed by atoms with Crippen LogP contribution in [0.15, 0.2) is 36.5 Å². The van der Waals surface area contributed by atoms with E-state index in [-0.39, 0.29) is 11.6 Å². The maximum Gasteiger partial charge on any atom is 0.310 e. The van der Waals surface area contributed by atoms with Gasteiger partial charge >= 0.3 is 5.97 Å². The van der Waals surface area contributed by atoms with Crippen molar-refractivity contribution in [1.82, 2.24) is 0 Å². The number of aliphatic carboxylic acids is 1. The monoisotopic (exact) mass is 224 g/mol. The van der Waals surface area contributed by atoms with Gasteiger partial charge in [0, 0.05) is 0 Å². The van der Waals surface area contributed by atoms with E-state index in [0.29, 0.717) is 6.42 Å². The van der Waals surface area contributed by atoms with Crippen molar-refractivity contribution in [1.29, 1.82) is 0 Å². The number of hydrogen-bond donors (Lipinski definition) is 1. The first-order chi connectivity index (χ1) is 7.11. The Morgan fingerprint density at radius 2 is 1.80 bits per heavy atom. The molecule has 1 N–H and O–H groups in total. The molecule has 0 aromatic heterocycles. The van der Waals surface area contributed by atoms with E-state index in [1.54, 1.807) is 0 Å². The molecular formula is C12H17O2P. The van der Waals surface area contributed by atoms with Gasteiger partial charge in [0.2, 0.25) is 0 Å². The largest absolute Gasteiger partial charge is 0.481 e. The lowest BCUT2D eigenvalue weighted by atomic mass is 10.0. The highest BCUT2D eigenvalue weighted by Crippen LogP contribution is 2.37. The lowest BCUT2D eigenvalue weighted by Gasteiger charge is -2.19. The van der Waals surface area contributed by atoms with Gasteiger partial charge < -0.3 is 5.11 Å². The van der Waals surface area contributed by atoms with E-state index in [9.17, 15) is 4.79 Å². The van der Waals surface area contributed by atoms with Gasteiger partial charge in [-0.25, -0.2) is 0 Å². The van der Waals surface area contributed by atoms with Crippen molar-refractivity contribution in [2.75, 3.05) is 13.3 Å². The summed E-state index contributed by atoms with van der Waals surface area (Å²) in [6.45, 7) is 4.05. The molecule has 1 aliphatic carbocycles. The van der Waals surface area contributed by atoms with Crippen molar-refractivity contribution in [2.24, 2.45) is 5.92 Å². The Balaban J connectivity index is 2.62. The van der Waals surface area contributed by atoms with Crippen LogP contribution in [0.4, 0.5) is 0 Å². The van der Waals surface area contributed by atoms with Crippen LogP contribution in [0.5, 0.6) is 0 Å². The summed E-state index contributed by atoms with van der Waals surface area (Å²) in [5, 5.41) is 9.10. The molecule has 0 heterocycles. The lowest BCUT2D eigenvalue weighted by Crippen LogP contribution is -2.20. The average molecular weight is 224 g/mol. The van der Waals surface area contributed by atoms with Crippen molar-refractivity contribution >= 4 is 13.9 Å². The zero-order valence-corrected chi connectivity index (χ0v) is 10.0. The molecule has 82 valence electrons. The van der Waals surface area contributed by atoms with Crippen LogP contribution in [-0.4, -0.2) is 30.1 Å². The molecule has 1 atom stereocenters. The van der Waals surface area contributed by atoms with Gasteiger partial charge in [-0.1, -0.05) is 44.4 Å². The van der Waals surface area contributed by atoms with Gasteiger partial charge in [0.25, 0.3) is 0 Å². The Labute approximate surface area is 92.1 Å². The van der Waals surface area contributed by atoms with E-state index >= 15 is 0 Å². The molecule has 0 amide bonds. The molecule has 0 aliphatic heterocycles. The molecule has 1 rings (SSSR count). The summed E-state index contributed by atoms with van der Waals surface area (Å²) in [5.41, 5.74) is -0.197.